The molecule has 4 rings (SSSR count). The number of anilines is 2. The van der Waals surface area contributed by atoms with E-state index in [4.69, 9.17) is 5.11 Å². The fourth-order valence-corrected chi connectivity index (χ4v) is 3.69. The molecule has 1 fully saturated rings. The lowest BCUT2D eigenvalue weighted by molar-refractivity contribution is 0.202. The lowest BCUT2D eigenvalue weighted by atomic mass is 10.0. The van der Waals surface area contributed by atoms with E-state index in [1.807, 2.05) is 4.90 Å². The zero-order valence-electron chi connectivity index (χ0n) is 16.4. The molecule has 0 saturated carbocycles. The van der Waals surface area contributed by atoms with Gasteiger partial charge in [-0.3, -0.25) is 5.32 Å². The Bertz CT molecular complexity index is 1070. The van der Waals surface area contributed by atoms with Gasteiger partial charge in [0.05, 0.1) is 18.8 Å². The van der Waals surface area contributed by atoms with Crippen LogP contribution in [-0.4, -0.2) is 57.4 Å². The quantitative estimate of drug-likeness (QED) is 0.668. The number of urea groups is 1. The van der Waals surface area contributed by atoms with E-state index < -0.39 is 17.7 Å². The lowest BCUT2D eigenvalue weighted by Crippen LogP contribution is -2.34. The van der Waals surface area contributed by atoms with Gasteiger partial charge >= 0.3 is 6.03 Å². The first-order valence-electron chi connectivity index (χ1n) is 9.67. The second-order valence-corrected chi connectivity index (χ2v) is 7.20. The van der Waals surface area contributed by atoms with E-state index in [1.54, 1.807) is 19.2 Å². The van der Waals surface area contributed by atoms with Gasteiger partial charge in [0, 0.05) is 25.7 Å². The summed E-state index contributed by atoms with van der Waals surface area (Å²) >= 11 is 0. The second-order valence-electron chi connectivity index (χ2n) is 7.20. The Hall–Kier alpha value is -3.27. The second kappa shape index (κ2) is 8.23. The van der Waals surface area contributed by atoms with Crippen LogP contribution in [0, 0.1) is 11.6 Å². The molecule has 1 aromatic carbocycles. The zero-order valence-corrected chi connectivity index (χ0v) is 16.4. The van der Waals surface area contributed by atoms with Crippen molar-refractivity contribution >= 4 is 23.3 Å². The molecule has 30 heavy (non-hydrogen) atoms. The molecular formula is C20H22F2N6O2. The number of aromatic nitrogens is 3. The first-order valence-corrected chi connectivity index (χ1v) is 9.67. The van der Waals surface area contributed by atoms with Gasteiger partial charge in [0.25, 0.3) is 0 Å². The van der Waals surface area contributed by atoms with Gasteiger partial charge < -0.3 is 14.9 Å². The molecule has 0 bridgehead atoms. The first-order chi connectivity index (χ1) is 14.5. The van der Waals surface area contributed by atoms with Crippen LogP contribution in [0.1, 0.15) is 24.4 Å². The summed E-state index contributed by atoms with van der Waals surface area (Å²) in [6.45, 7) is 0.692. The van der Waals surface area contributed by atoms with E-state index in [9.17, 15) is 13.6 Å². The highest BCUT2D eigenvalue weighted by molar-refractivity contribution is 5.88. The highest BCUT2D eigenvalue weighted by Gasteiger charge is 2.30. The van der Waals surface area contributed by atoms with Gasteiger partial charge in [-0.1, -0.05) is 0 Å². The van der Waals surface area contributed by atoms with E-state index in [-0.39, 0.29) is 19.2 Å². The van der Waals surface area contributed by atoms with Gasteiger partial charge in [0.1, 0.15) is 17.5 Å². The van der Waals surface area contributed by atoms with Crippen molar-refractivity contribution in [2.24, 2.45) is 0 Å². The number of amides is 2. The molecule has 0 unspecified atom stereocenters. The average molecular weight is 416 g/mol. The molecule has 3 aromatic rings. The predicted octanol–water partition coefficient (Wildman–Crippen LogP) is 2.81. The molecule has 0 spiro atoms. The lowest BCUT2D eigenvalue weighted by Gasteiger charge is -2.26. The summed E-state index contributed by atoms with van der Waals surface area (Å²) in [6.07, 6.45) is 2.99. The third-order valence-electron chi connectivity index (χ3n) is 5.23. The van der Waals surface area contributed by atoms with Gasteiger partial charge in [-0.05, 0) is 43.2 Å². The van der Waals surface area contributed by atoms with Gasteiger partial charge in [0.2, 0.25) is 0 Å². The number of likely N-dealkylation sites (N-methyl/N-ethyl adjacent to an activating group) is 1. The fraction of sp³-hybridized carbons (Fsp3) is 0.350. The minimum Gasteiger partial charge on any atom is -0.395 e. The highest BCUT2D eigenvalue weighted by atomic mass is 19.1. The van der Waals surface area contributed by atoms with Crippen LogP contribution in [0.3, 0.4) is 0 Å². The van der Waals surface area contributed by atoms with Gasteiger partial charge in [0.15, 0.2) is 11.5 Å². The van der Waals surface area contributed by atoms with E-state index in [0.717, 1.165) is 18.6 Å². The Balaban J connectivity index is 1.64. The Morgan fingerprint density at radius 2 is 2.17 bits per heavy atom. The Morgan fingerprint density at radius 3 is 2.97 bits per heavy atom. The third-order valence-corrected chi connectivity index (χ3v) is 5.23. The van der Waals surface area contributed by atoms with Crippen molar-refractivity contribution in [1.82, 2.24) is 19.5 Å². The molecule has 0 radical (unpaired) electrons. The number of aliphatic hydroxyl groups is 1. The number of halogens is 2. The van der Waals surface area contributed by atoms with Crippen LogP contribution in [-0.2, 0) is 0 Å². The minimum atomic E-state index is -0.478. The maximum atomic E-state index is 14.4. The normalized spacial score (nSPS) is 16.3. The van der Waals surface area contributed by atoms with Crippen LogP contribution in [0.2, 0.25) is 0 Å². The number of nitrogens with one attached hydrogen (secondary N) is 1. The molecule has 2 N–H and O–H groups in total. The summed E-state index contributed by atoms with van der Waals surface area (Å²) in [5, 5.41) is 16.3. The summed E-state index contributed by atoms with van der Waals surface area (Å²) in [4.78, 5) is 19.7. The molecule has 0 aliphatic carbocycles. The number of fused-ring (bicyclic) bond motifs is 1. The van der Waals surface area contributed by atoms with Crippen LogP contribution in [0.15, 0.2) is 36.5 Å². The molecule has 1 aliphatic heterocycles. The summed E-state index contributed by atoms with van der Waals surface area (Å²) < 4.78 is 29.6. The zero-order chi connectivity index (χ0) is 21.3. The van der Waals surface area contributed by atoms with Crippen LogP contribution in [0.25, 0.3) is 5.65 Å². The van der Waals surface area contributed by atoms with E-state index >= 15 is 0 Å². The molecule has 1 aliphatic rings. The van der Waals surface area contributed by atoms with E-state index in [1.165, 1.54) is 21.7 Å². The Labute approximate surface area is 171 Å². The molecular weight excluding hydrogens is 394 g/mol. The largest absolute Gasteiger partial charge is 0.395 e. The van der Waals surface area contributed by atoms with Gasteiger partial charge in [-0.25, -0.2) is 18.6 Å². The molecule has 10 heteroatoms. The van der Waals surface area contributed by atoms with Crippen molar-refractivity contribution < 1.29 is 18.7 Å². The standard InChI is InChI=1S/C20H22F2N6O2/c1-26(9-10-29)20(30)24-19-12-23-17-6-7-18(25-28(17)19)27-8-2-3-16(27)14-11-13(21)4-5-15(14)22/h4-7,11-12,16,29H,2-3,8-10H2,1H3,(H,24,30)/t16-/m1/s1. The van der Waals surface area contributed by atoms with E-state index in [0.29, 0.717) is 35.8 Å². The van der Waals surface area contributed by atoms with E-state index in [2.05, 4.69) is 15.4 Å². The topological polar surface area (TPSA) is 86.0 Å². The van der Waals surface area contributed by atoms with Crippen molar-refractivity contribution in [3.8, 4) is 0 Å². The molecule has 3 heterocycles. The maximum Gasteiger partial charge on any atom is 0.322 e. The van der Waals surface area contributed by atoms with Crippen molar-refractivity contribution in [3.05, 3.63) is 53.7 Å². The highest BCUT2D eigenvalue weighted by Crippen LogP contribution is 2.36. The summed E-state index contributed by atoms with van der Waals surface area (Å²) in [5.41, 5.74) is 0.839. The van der Waals surface area contributed by atoms with Crippen LogP contribution >= 0.6 is 0 Å². The van der Waals surface area contributed by atoms with Crippen molar-refractivity contribution in [2.75, 3.05) is 37.0 Å². The van der Waals surface area contributed by atoms with Gasteiger partial charge in [-0.15, -0.1) is 5.10 Å². The minimum absolute atomic E-state index is 0.146. The molecule has 1 saturated heterocycles. The number of aliphatic hydroxyl groups excluding tert-OH is 1. The van der Waals surface area contributed by atoms with Gasteiger partial charge in [-0.2, -0.15) is 4.52 Å². The fourth-order valence-electron chi connectivity index (χ4n) is 3.69. The maximum absolute atomic E-state index is 14.4. The summed E-state index contributed by atoms with van der Waals surface area (Å²) in [7, 11) is 1.57. The smallest absolute Gasteiger partial charge is 0.322 e. The average Bonchev–Trinajstić information content (AvgIpc) is 3.37. The summed E-state index contributed by atoms with van der Waals surface area (Å²) in [5.74, 6) is 0.0188. The van der Waals surface area contributed by atoms with Crippen molar-refractivity contribution in [1.29, 1.82) is 0 Å². The summed E-state index contributed by atoms with van der Waals surface area (Å²) in [6, 6.07) is 6.29. The third kappa shape index (κ3) is 3.78. The molecule has 158 valence electrons. The van der Waals surface area contributed by atoms with Crippen molar-refractivity contribution in [3.63, 3.8) is 0 Å². The number of carbonyl (C=O) groups is 1. The molecule has 8 nitrogen and oxygen atoms in total. The van der Waals surface area contributed by atoms with Crippen LogP contribution in [0.4, 0.5) is 25.2 Å². The molecule has 2 aromatic heterocycles. The molecule has 1 atom stereocenters. The Kier molecular flexibility index (Phi) is 5.49. The first kappa shape index (κ1) is 20.0. The number of benzene rings is 1. The SMILES string of the molecule is CN(CCO)C(=O)Nc1cnc2ccc(N3CCC[C@@H]3c3cc(F)ccc3F)nn12. The Morgan fingerprint density at radius 1 is 1.33 bits per heavy atom. The predicted molar refractivity (Wildman–Crippen MR) is 107 cm³/mol. The number of carbonyl (C=O) groups excluding carboxylic acids is 1. The van der Waals surface area contributed by atoms with Crippen molar-refractivity contribution in [2.45, 2.75) is 18.9 Å². The van der Waals surface area contributed by atoms with Crippen LogP contribution < -0.4 is 10.2 Å². The number of rotatable bonds is 5. The number of imidazole rings is 1. The monoisotopic (exact) mass is 416 g/mol. The van der Waals surface area contributed by atoms with Crippen LogP contribution in [0.5, 0.6) is 0 Å². The number of hydrogen-bond acceptors (Lipinski definition) is 5. The molecule has 2 amide bonds. The number of nitrogens with zero attached hydrogens (tertiary/aromatic N) is 5. The number of hydrogen-bond donors (Lipinski definition) is 2.